The molecular weight excluding hydrogens is 342 g/mol. The van der Waals surface area contributed by atoms with Crippen molar-refractivity contribution in [2.75, 3.05) is 7.05 Å². The summed E-state index contributed by atoms with van der Waals surface area (Å²) < 4.78 is 29.3. The number of aromatic nitrogens is 2. The van der Waals surface area contributed by atoms with E-state index in [2.05, 4.69) is 0 Å². The molecule has 7 nitrogen and oxygen atoms in total. The Hall–Kier alpha value is -2.19. The molecule has 0 radical (unpaired) electrons. The summed E-state index contributed by atoms with van der Waals surface area (Å²) in [6, 6.07) is 7.45. The highest BCUT2D eigenvalue weighted by Gasteiger charge is 2.34. The molecule has 0 N–H and O–H groups in total. The second kappa shape index (κ2) is 6.27. The Morgan fingerprint density at radius 1 is 1.16 bits per heavy atom. The Kier molecular flexibility index (Phi) is 4.42. The van der Waals surface area contributed by atoms with Crippen LogP contribution in [0.5, 0.6) is 0 Å². The quantitative estimate of drug-likeness (QED) is 0.807. The van der Waals surface area contributed by atoms with Crippen LogP contribution in [0.2, 0.25) is 0 Å². The number of hydrogen-bond acceptors (Lipinski definition) is 4. The van der Waals surface area contributed by atoms with Gasteiger partial charge in [0, 0.05) is 27.3 Å². The summed E-state index contributed by atoms with van der Waals surface area (Å²) in [5.41, 5.74) is 0.740. The summed E-state index contributed by atoms with van der Waals surface area (Å²) in [5, 5.41) is 0. The van der Waals surface area contributed by atoms with Gasteiger partial charge in [-0.1, -0.05) is 24.3 Å². The Morgan fingerprint density at radius 3 is 2.56 bits per heavy atom. The first-order valence-electron chi connectivity index (χ1n) is 8.07. The number of hydrogen-bond donors (Lipinski definition) is 0. The van der Waals surface area contributed by atoms with Crippen molar-refractivity contribution in [2.45, 2.75) is 30.2 Å². The van der Waals surface area contributed by atoms with Crippen LogP contribution in [0.4, 0.5) is 0 Å². The highest BCUT2D eigenvalue weighted by Crippen LogP contribution is 2.35. The second-order valence-corrected chi connectivity index (χ2v) is 8.35. The van der Waals surface area contributed by atoms with Gasteiger partial charge in [-0.3, -0.25) is 9.36 Å². The molecule has 1 atom stereocenters. The first-order valence-corrected chi connectivity index (χ1v) is 9.51. The van der Waals surface area contributed by atoms with Crippen LogP contribution in [-0.2, 0) is 30.5 Å². The van der Waals surface area contributed by atoms with Gasteiger partial charge in [-0.2, -0.15) is 4.31 Å². The highest BCUT2D eigenvalue weighted by atomic mass is 32.2. The molecular formula is C17H21N3O4S. The van der Waals surface area contributed by atoms with E-state index in [9.17, 15) is 18.0 Å². The molecule has 1 aliphatic rings. The fourth-order valence-electron chi connectivity index (χ4n) is 3.38. The van der Waals surface area contributed by atoms with Crippen LogP contribution < -0.4 is 11.2 Å². The number of fused-ring (bicyclic) bond motifs is 1. The third kappa shape index (κ3) is 2.85. The second-order valence-electron chi connectivity index (χ2n) is 6.38. The van der Waals surface area contributed by atoms with Crippen molar-refractivity contribution < 1.29 is 8.42 Å². The number of nitrogens with zero attached hydrogens (tertiary/aromatic N) is 3. The van der Waals surface area contributed by atoms with Crippen molar-refractivity contribution in [2.24, 2.45) is 14.1 Å². The Balaban J connectivity index is 2.11. The molecule has 1 aromatic carbocycles. The molecule has 0 saturated carbocycles. The lowest BCUT2D eigenvalue weighted by Crippen LogP contribution is -2.43. The van der Waals surface area contributed by atoms with Crippen LogP contribution in [0, 0.1) is 0 Å². The zero-order chi connectivity index (χ0) is 18.4. The van der Waals surface area contributed by atoms with E-state index in [4.69, 9.17) is 0 Å². The Morgan fingerprint density at radius 2 is 1.84 bits per heavy atom. The van der Waals surface area contributed by atoms with Crippen LogP contribution in [-0.4, -0.2) is 28.9 Å². The fraction of sp³-hybridized carbons (Fsp3) is 0.412. The van der Waals surface area contributed by atoms with Gasteiger partial charge in [-0.25, -0.2) is 13.2 Å². The third-order valence-electron chi connectivity index (χ3n) is 4.85. The van der Waals surface area contributed by atoms with Gasteiger partial charge in [0.2, 0.25) is 10.0 Å². The van der Waals surface area contributed by atoms with Crippen LogP contribution in [0.25, 0.3) is 0 Å². The maximum Gasteiger partial charge on any atom is 0.330 e. The van der Waals surface area contributed by atoms with Crippen LogP contribution in [0.3, 0.4) is 0 Å². The topological polar surface area (TPSA) is 81.4 Å². The number of rotatable bonds is 3. The lowest BCUT2D eigenvalue weighted by atomic mass is 9.88. The van der Waals surface area contributed by atoms with Crippen molar-refractivity contribution in [1.82, 2.24) is 13.4 Å². The molecule has 1 unspecified atom stereocenters. The molecule has 0 bridgehead atoms. The zero-order valence-electron chi connectivity index (χ0n) is 14.5. The van der Waals surface area contributed by atoms with E-state index >= 15 is 0 Å². The summed E-state index contributed by atoms with van der Waals surface area (Å²) in [6.45, 7) is 0. The Bertz CT molecular complexity index is 1040. The molecule has 3 rings (SSSR count). The van der Waals surface area contributed by atoms with E-state index in [1.807, 2.05) is 24.3 Å². The van der Waals surface area contributed by atoms with E-state index in [1.54, 1.807) is 0 Å². The zero-order valence-corrected chi connectivity index (χ0v) is 15.3. The number of aryl methyl sites for hydroxylation is 2. The van der Waals surface area contributed by atoms with Crippen molar-refractivity contribution in [3.05, 3.63) is 62.4 Å². The molecule has 8 heteroatoms. The molecule has 0 spiro atoms. The van der Waals surface area contributed by atoms with E-state index in [-0.39, 0.29) is 10.9 Å². The number of sulfonamides is 1. The minimum atomic E-state index is -4.03. The van der Waals surface area contributed by atoms with Gasteiger partial charge < -0.3 is 4.57 Å². The lowest BCUT2D eigenvalue weighted by Gasteiger charge is -2.32. The predicted octanol–water partition coefficient (Wildman–Crippen LogP) is 0.782. The SMILES string of the molecule is CN(C1CCCc2ccccc21)S(=O)(=O)c1cn(C)c(=O)n(C)c1=O. The van der Waals surface area contributed by atoms with Gasteiger partial charge in [-0.05, 0) is 30.4 Å². The monoisotopic (exact) mass is 363 g/mol. The highest BCUT2D eigenvalue weighted by molar-refractivity contribution is 7.89. The van der Waals surface area contributed by atoms with Gasteiger partial charge in [0.1, 0.15) is 0 Å². The maximum atomic E-state index is 13.1. The Labute approximate surface area is 146 Å². The lowest BCUT2D eigenvalue weighted by molar-refractivity contribution is 0.336. The molecule has 0 aliphatic heterocycles. The maximum absolute atomic E-state index is 13.1. The molecule has 0 saturated heterocycles. The molecule has 1 heterocycles. The summed E-state index contributed by atoms with van der Waals surface area (Å²) in [5.74, 6) is 0. The van der Waals surface area contributed by atoms with Crippen LogP contribution >= 0.6 is 0 Å². The van der Waals surface area contributed by atoms with E-state index in [1.165, 1.54) is 25.4 Å². The molecule has 1 aromatic heterocycles. The number of benzene rings is 1. The smallest absolute Gasteiger partial charge is 0.302 e. The third-order valence-corrected chi connectivity index (χ3v) is 6.70. The molecule has 1 aliphatic carbocycles. The van der Waals surface area contributed by atoms with Gasteiger partial charge >= 0.3 is 5.69 Å². The summed E-state index contributed by atoms with van der Waals surface area (Å²) in [6.07, 6.45) is 3.60. The molecule has 0 fully saturated rings. The summed E-state index contributed by atoms with van der Waals surface area (Å²) in [4.78, 5) is 23.8. The van der Waals surface area contributed by atoms with Gasteiger partial charge in [-0.15, -0.1) is 0 Å². The van der Waals surface area contributed by atoms with Gasteiger partial charge in [0.25, 0.3) is 5.56 Å². The standard InChI is InChI=1S/C17H21N3O4S/c1-18-11-15(16(21)19(2)17(18)22)25(23,24)20(3)14-10-6-8-12-7-4-5-9-13(12)14/h4-5,7,9,11,14H,6,8,10H2,1-3H3. The summed E-state index contributed by atoms with van der Waals surface area (Å²) >= 11 is 0. The van der Waals surface area contributed by atoms with E-state index in [0.717, 1.165) is 39.3 Å². The average molecular weight is 363 g/mol. The van der Waals surface area contributed by atoms with E-state index in [0.29, 0.717) is 6.42 Å². The minimum absolute atomic E-state index is 0.322. The first-order chi connectivity index (χ1) is 11.7. The predicted molar refractivity (Wildman–Crippen MR) is 94.0 cm³/mol. The van der Waals surface area contributed by atoms with Crippen molar-refractivity contribution in [1.29, 1.82) is 0 Å². The van der Waals surface area contributed by atoms with Gasteiger partial charge in [0.05, 0.1) is 6.04 Å². The van der Waals surface area contributed by atoms with E-state index < -0.39 is 21.3 Å². The van der Waals surface area contributed by atoms with Crippen LogP contribution in [0.1, 0.15) is 30.0 Å². The van der Waals surface area contributed by atoms with Crippen molar-refractivity contribution in [3.8, 4) is 0 Å². The molecule has 134 valence electrons. The summed E-state index contributed by atoms with van der Waals surface area (Å²) in [7, 11) is 0.164. The average Bonchev–Trinajstić information content (AvgIpc) is 2.61. The van der Waals surface area contributed by atoms with Crippen molar-refractivity contribution in [3.63, 3.8) is 0 Å². The molecule has 25 heavy (non-hydrogen) atoms. The van der Waals surface area contributed by atoms with Crippen molar-refractivity contribution >= 4 is 10.0 Å². The van der Waals surface area contributed by atoms with Crippen LogP contribution in [0.15, 0.2) is 44.9 Å². The largest absolute Gasteiger partial charge is 0.330 e. The fourth-order valence-corrected chi connectivity index (χ4v) is 4.89. The minimum Gasteiger partial charge on any atom is -0.302 e. The van der Waals surface area contributed by atoms with Gasteiger partial charge in [0.15, 0.2) is 4.90 Å². The first kappa shape index (κ1) is 17.6. The molecule has 2 aromatic rings. The normalized spacial score (nSPS) is 17.5. The molecule has 0 amide bonds.